The quantitative estimate of drug-likeness (QED) is 0.197. The van der Waals surface area contributed by atoms with Crippen molar-refractivity contribution < 1.29 is 60.4 Å². The first kappa shape index (κ1) is 38.0. The first-order valence-electron chi connectivity index (χ1n) is 15.8. The molecular weight excluding hydrogens is 674 g/mol. The molecule has 48 heavy (non-hydrogen) atoms. The Morgan fingerprint density at radius 3 is 2.56 bits per heavy atom. The molecule has 1 aliphatic carbocycles. The molecule has 2 aliphatic heterocycles. The van der Waals surface area contributed by atoms with Crippen molar-refractivity contribution in [2.24, 2.45) is 11.8 Å². The van der Waals surface area contributed by atoms with E-state index in [2.05, 4.69) is 5.32 Å². The van der Waals surface area contributed by atoms with Gasteiger partial charge in [-0.25, -0.2) is 26.7 Å². The van der Waals surface area contributed by atoms with Gasteiger partial charge in [0, 0.05) is 19.1 Å². The molecule has 3 N–H and O–H groups in total. The van der Waals surface area contributed by atoms with E-state index >= 15 is 0 Å². The number of alkyl carbamates (subject to hydrolysis) is 1. The Hall–Kier alpha value is -2.85. The van der Waals surface area contributed by atoms with Crippen LogP contribution in [0.25, 0.3) is 0 Å². The van der Waals surface area contributed by atoms with Gasteiger partial charge in [0.1, 0.15) is 17.7 Å². The van der Waals surface area contributed by atoms with E-state index < -0.39 is 71.6 Å². The lowest BCUT2D eigenvalue weighted by Crippen LogP contribution is -2.45. The summed E-state index contributed by atoms with van der Waals surface area (Å²) in [5.74, 6) is -1.72. The monoisotopic (exact) mass is 718 g/mol. The van der Waals surface area contributed by atoms with Crippen molar-refractivity contribution in [1.82, 2.24) is 9.62 Å². The van der Waals surface area contributed by atoms with Gasteiger partial charge in [-0.15, -0.1) is 0 Å². The van der Waals surface area contributed by atoms with E-state index in [1.165, 1.54) is 16.5 Å². The molecule has 2 heterocycles. The molecule has 0 radical (unpaired) electrons. The number of amides is 1. The number of carboxylic acids is 1. The second-order valence-corrected chi connectivity index (χ2v) is 16.4. The van der Waals surface area contributed by atoms with Crippen LogP contribution >= 0.6 is 7.60 Å². The smallest absolute Gasteiger partial charge is 0.407 e. The standard InChI is InChI=1S/C31H44FN2O12PS/c1-20(2)17-34(48(40,41)26-10-6-23(32)7-11-26)14-12-24(33-31(37)45-28-18-43-30-27(28)13-15-42-30)16-22-4-8-25(9-5-22)44-19-47(38,39)46-21(3)29(35)36/h4-10,20-21,24,26-28,30H,11-19H2,1-3H3,(H,33,37)(H,35,36)(H,38,39)/t21-,24+,26?,27-,28-,30+/m0/s1. The number of aliphatic carboxylic acids is 1. The molecule has 3 aliphatic rings. The van der Waals surface area contributed by atoms with Gasteiger partial charge in [0.15, 0.2) is 18.7 Å². The number of ether oxygens (including phenoxy) is 4. The van der Waals surface area contributed by atoms with E-state index in [9.17, 15) is 31.9 Å². The van der Waals surface area contributed by atoms with Crippen LogP contribution in [0, 0.1) is 11.8 Å². The molecule has 7 atom stereocenters. The van der Waals surface area contributed by atoms with Crippen molar-refractivity contribution in [3.8, 4) is 5.75 Å². The summed E-state index contributed by atoms with van der Waals surface area (Å²) >= 11 is 0. The van der Waals surface area contributed by atoms with Gasteiger partial charge >= 0.3 is 19.7 Å². The third kappa shape index (κ3) is 10.8. The predicted molar refractivity (Wildman–Crippen MR) is 171 cm³/mol. The van der Waals surface area contributed by atoms with Crippen molar-refractivity contribution in [2.45, 2.75) is 76.2 Å². The number of allylic oxidation sites excluding steroid dienone is 3. The molecular formula is C31H44FN2O12PS. The van der Waals surface area contributed by atoms with Crippen LogP contribution in [0.2, 0.25) is 0 Å². The number of carbonyl (C=O) groups is 2. The van der Waals surface area contributed by atoms with Gasteiger partial charge in [0.2, 0.25) is 10.0 Å². The first-order valence-corrected chi connectivity index (χ1v) is 19.1. The molecule has 17 heteroatoms. The molecule has 0 spiro atoms. The number of sulfonamides is 1. The van der Waals surface area contributed by atoms with E-state index in [0.29, 0.717) is 13.0 Å². The molecule has 2 unspecified atom stereocenters. The van der Waals surface area contributed by atoms with E-state index in [1.807, 2.05) is 13.8 Å². The maximum absolute atomic E-state index is 13.6. The predicted octanol–water partition coefficient (Wildman–Crippen LogP) is 3.96. The largest absolute Gasteiger partial charge is 0.481 e. The third-order valence-electron chi connectivity index (χ3n) is 8.09. The van der Waals surface area contributed by atoms with Crippen LogP contribution in [-0.2, 0) is 44.5 Å². The SMILES string of the molecule is CC(C)CN(CC[C@H](Cc1ccc(OCP(=O)(O)O[C@@H](C)C(=O)O)cc1)NC(=O)O[C@H]1CO[C@H]2OCC[C@H]21)S(=O)(=O)C1C=CC(F)=CC1. The van der Waals surface area contributed by atoms with Crippen LogP contribution in [0.15, 0.2) is 48.3 Å². The van der Waals surface area contributed by atoms with Crippen LogP contribution in [0.4, 0.5) is 9.18 Å². The average Bonchev–Trinajstić information content (AvgIpc) is 3.64. The van der Waals surface area contributed by atoms with Gasteiger partial charge < -0.3 is 34.3 Å². The van der Waals surface area contributed by atoms with Crippen LogP contribution < -0.4 is 10.1 Å². The summed E-state index contributed by atoms with van der Waals surface area (Å²) in [6.07, 6.45) is 1.15. The fourth-order valence-corrected chi connectivity index (χ4v) is 8.44. The number of hydrogen-bond donors (Lipinski definition) is 3. The van der Waals surface area contributed by atoms with E-state index in [0.717, 1.165) is 18.6 Å². The van der Waals surface area contributed by atoms with Crippen molar-refractivity contribution in [1.29, 1.82) is 0 Å². The summed E-state index contributed by atoms with van der Waals surface area (Å²) in [6, 6.07) is 5.87. The highest BCUT2D eigenvalue weighted by Gasteiger charge is 2.44. The number of benzene rings is 1. The summed E-state index contributed by atoms with van der Waals surface area (Å²) in [7, 11) is -8.20. The molecule has 14 nitrogen and oxygen atoms in total. The average molecular weight is 719 g/mol. The van der Waals surface area contributed by atoms with Gasteiger partial charge in [-0.3, -0.25) is 9.09 Å². The van der Waals surface area contributed by atoms with Gasteiger partial charge in [-0.2, -0.15) is 0 Å². The number of carbonyl (C=O) groups excluding carboxylic acids is 1. The highest BCUT2D eigenvalue weighted by atomic mass is 32.2. The lowest BCUT2D eigenvalue weighted by molar-refractivity contribution is -0.144. The maximum Gasteiger partial charge on any atom is 0.407 e. The molecule has 4 rings (SSSR count). The molecule has 1 aromatic rings. The zero-order valence-corrected chi connectivity index (χ0v) is 28.8. The Labute approximate surface area is 279 Å². The first-order chi connectivity index (χ1) is 22.6. The number of carboxylic acid groups (broad SMARTS) is 1. The second-order valence-electron chi connectivity index (χ2n) is 12.5. The zero-order chi connectivity index (χ0) is 35.1. The molecule has 0 bridgehead atoms. The third-order valence-corrected chi connectivity index (χ3v) is 11.4. The zero-order valence-electron chi connectivity index (χ0n) is 27.1. The van der Waals surface area contributed by atoms with E-state index in [4.69, 9.17) is 28.6 Å². The number of nitrogens with zero attached hydrogens (tertiary/aromatic N) is 1. The number of hydrogen-bond acceptors (Lipinski definition) is 10. The summed E-state index contributed by atoms with van der Waals surface area (Å²) in [5.41, 5.74) is 0.734. The lowest BCUT2D eigenvalue weighted by atomic mass is 10.0. The summed E-state index contributed by atoms with van der Waals surface area (Å²) in [5, 5.41) is 10.9. The van der Waals surface area contributed by atoms with Crippen molar-refractivity contribution >= 4 is 29.7 Å². The number of fused-ring (bicyclic) bond motifs is 1. The Balaban J connectivity index is 1.44. The summed E-state index contributed by atoms with van der Waals surface area (Å²) in [6.45, 7) is 5.96. The van der Waals surface area contributed by atoms with Crippen LogP contribution in [0.5, 0.6) is 5.75 Å². The number of nitrogens with one attached hydrogen (secondary N) is 1. The van der Waals surface area contributed by atoms with Crippen molar-refractivity contribution in [3.05, 3.63) is 53.9 Å². The number of rotatable bonds is 17. The van der Waals surface area contributed by atoms with Gasteiger partial charge in [0.05, 0.1) is 24.4 Å². The van der Waals surface area contributed by atoms with Crippen molar-refractivity contribution in [2.75, 3.05) is 32.7 Å². The minimum absolute atomic E-state index is 0.000508. The van der Waals surface area contributed by atoms with Crippen molar-refractivity contribution in [3.63, 3.8) is 0 Å². The normalized spacial score (nSPS) is 24.9. The molecule has 0 aromatic heterocycles. The molecule has 0 saturated carbocycles. The summed E-state index contributed by atoms with van der Waals surface area (Å²) in [4.78, 5) is 34.0. The minimum atomic E-state index is -4.36. The van der Waals surface area contributed by atoms with Crippen LogP contribution in [-0.4, -0.2) is 97.2 Å². The van der Waals surface area contributed by atoms with E-state index in [-0.39, 0.29) is 56.5 Å². The molecule has 1 amide bonds. The number of halogens is 1. The minimum Gasteiger partial charge on any atom is -0.481 e. The van der Waals surface area contributed by atoms with E-state index in [1.54, 1.807) is 24.3 Å². The Bertz CT molecular complexity index is 1490. The van der Waals surface area contributed by atoms with Gasteiger partial charge in [-0.05, 0) is 68.4 Å². The van der Waals surface area contributed by atoms with Gasteiger partial charge in [0.25, 0.3) is 0 Å². The second kappa shape index (κ2) is 16.7. The fraction of sp³-hybridized carbons (Fsp3) is 0.613. The highest BCUT2D eigenvalue weighted by molar-refractivity contribution is 7.89. The Morgan fingerprint density at radius 2 is 1.92 bits per heavy atom. The maximum atomic E-state index is 13.6. The Kier molecular flexibility index (Phi) is 13.2. The fourth-order valence-electron chi connectivity index (χ4n) is 5.61. The molecule has 268 valence electrons. The van der Waals surface area contributed by atoms with Crippen LogP contribution in [0.1, 0.15) is 45.6 Å². The van der Waals surface area contributed by atoms with Crippen LogP contribution in [0.3, 0.4) is 0 Å². The topological polar surface area (TPSA) is 187 Å². The summed E-state index contributed by atoms with van der Waals surface area (Å²) < 4.78 is 81.2. The van der Waals surface area contributed by atoms with Gasteiger partial charge in [-0.1, -0.05) is 32.1 Å². The molecule has 2 fully saturated rings. The molecule has 2 saturated heterocycles. The molecule has 1 aromatic carbocycles. The highest BCUT2D eigenvalue weighted by Crippen LogP contribution is 2.43. The Morgan fingerprint density at radius 1 is 1.19 bits per heavy atom. The lowest BCUT2D eigenvalue weighted by Gasteiger charge is -2.30.